The Morgan fingerprint density at radius 1 is 1.17 bits per heavy atom. The van der Waals surface area contributed by atoms with E-state index in [-0.39, 0.29) is 0 Å². The highest BCUT2D eigenvalue weighted by Gasteiger charge is 1.98. The Bertz CT molecular complexity index is 500. The molecule has 3 nitrogen and oxygen atoms in total. The minimum atomic E-state index is 0.735. The van der Waals surface area contributed by atoms with Crippen molar-refractivity contribution in [2.45, 2.75) is 11.8 Å². The first-order chi connectivity index (χ1) is 8.75. The fourth-order valence-corrected chi connectivity index (χ4v) is 2.32. The van der Waals surface area contributed by atoms with Crippen LogP contribution in [0.2, 0.25) is 0 Å². The Labute approximate surface area is 112 Å². The lowest BCUT2D eigenvalue weighted by atomic mass is 10.3. The first-order valence-corrected chi connectivity index (χ1v) is 6.89. The van der Waals surface area contributed by atoms with Gasteiger partial charge in [-0.2, -0.15) is 0 Å². The lowest BCUT2D eigenvalue weighted by Gasteiger charge is -2.07. The second kappa shape index (κ2) is 6.31. The average molecular weight is 259 g/mol. The molecule has 1 aromatic heterocycles. The summed E-state index contributed by atoms with van der Waals surface area (Å²) in [4.78, 5) is 5.66. The van der Waals surface area contributed by atoms with Gasteiger partial charge >= 0.3 is 0 Å². The van der Waals surface area contributed by atoms with Crippen LogP contribution in [0, 0.1) is 6.92 Å². The lowest BCUT2D eigenvalue weighted by Crippen LogP contribution is -2.06. The highest BCUT2D eigenvalue weighted by atomic mass is 32.2. The number of hydrogen-bond acceptors (Lipinski definition) is 4. The number of nitrogens with zero attached hydrogens (tertiary/aromatic N) is 1. The molecule has 2 aromatic rings. The fourth-order valence-electron chi connectivity index (χ4n) is 1.53. The van der Waals surface area contributed by atoms with E-state index in [1.54, 1.807) is 0 Å². The minimum Gasteiger partial charge on any atom is -0.397 e. The Hall–Kier alpha value is -1.68. The first kappa shape index (κ1) is 12.8. The van der Waals surface area contributed by atoms with E-state index in [1.165, 1.54) is 4.90 Å². The molecule has 0 aliphatic carbocycles. The second-order valence-electron chi connectivity index (χ2n) is 3.96. The van der Waals surface area contributed by atoms with E-state index in [4.69, 9.17) is 5.73 Å². The van der Waals surface area contributed by atoms with Crippen LogP contribution in [-0.2, 0) is 0 Å². The van der Waals surface area contributed by atoms with Crippen molar-refractivity contribution in [3.8, 4) is 0 Å². The summed E-state index contributed by atoms with van der Waals surface area (Å²) in [7, 11) is 0. The molecule has 0 fully saturated rings. The van der Waals surface area contributed by atoms with Gasteiger partial charge in [0.2, 0.25) is 0 Å². The van der Waals surface area contributed by atoms with E-state index in [9.17, 15) is 0 Å². The predicted molar refractivity (Wildman–Crippen MR) is 79.0 cm³/mol. The highest BCUT2D eigenvalue weighted by Crippen LogP contribution is 2.17. The van der Waals surface area contributed by atoms with Crippen molar-refractivity contribution in [2.24, 2.45) is 0 Å². The van der Waals surface area contributed by atoms with Crippen molar-refractivity contribution in [2.75, 3.05) is 23.3 Å². The van der Waals surface area contributed by atoms with Crippen molar-refractivity contribution < 1.29 is 0 Å². The van der Waals surface area contributed by atoms with Crippen molar-refractivity contribution >= 4 is 23.3 Å². The maximum atomic E-state index is 5.73. The zero-order chi connectivity index (χ0) is 12.8. The van der Waals surface area contributed by atoms with Gasteiger partial charge in [0.25, 0.3) is 0 Å². The quantitative estimate of drug-likeness (QED) is 0.639. The molecule has 3 N–H and O–H groups in total. The largest absolute Gasteiger partial charge is 0.397 e. The summed E-state index contributed by atoms with van der Waals surface area (Å²) in [5.41, 5.74) is 7.33. The zero-order valence-corrected chi connectivity index (χ0v) is 11.2. The van der Waals surface area contributed by atoms with Gasteiger partial charge in [-0.1, -0.05) is 18.2 Å². The molecule has 1 aromatic carbocycles. The number of hydrogen-bond donors (Lipinski definition) is 2. The van der Waals surface area contributed by atoms with Gasteiger partial charge in [-0.25, -0.2) is 4.98 Å². The Balaban J connectivity index is 1.77. The van der Waals surface area contributed by atoms with E-state index < -0.39 is 0 Å². The lowest BCUT2D eigenvalue weighted by molar-refractivity contribution is 1.13. The predicted octanol–water partition coefficient (Wildman–Crippen LogP) is 3.18. The standard InChI is InChI=1S/C14H17N3S/c1-11-13(15)7-8-14(17-11)16-9-10-18-12-5-3-2-4-6-12/h2-8H,9-10,15H2,1H3,(H,16,17). The van der Waals surface area contributed by atoms with Crippen LogP contribution in [0.4, 0.5) is 11.5 Å². The number of thioether (sulfide) groups is 1. The first-order valence-electron chi connectivity index (χ1n) is 5.90. The van der Waals surface area contributed by atoms with Crippen LogP contribution in [0.25, 0.3) is 0 Å². The summed E-state index contributed by atoms with van der Waals surface area (Å²) in [6.45, 7) is 2.80. The third kappa shape index (κ3) is 3.67. The summed E-state index contributed by atoms with van der Waals surface area (Å²) < 4.78 is 0. The molecule has 0 spiro atoms. The summed E-state index contributed by atoms with van der Waals surface area (Å²) in [5.74, 6) is 1.89. The maximum absolute atomic E-state index is 5.73. The Kier molecular flexibility index (Phi) is 4.47. The molecule has 0 amide bonds. The molecule has 0 atom stereocenters. The summed E-state index contributed by atoms with van der Waals surface area (Å²) in [5, 5.41) is 3.30. The SMILES string of the molecule is Cc1nc(NCCSc2ccccc2)ccc1N. The van der Waals surface area contributed by atoms with Crippen molar-refractivity contribution in [1.29, 1.82) is 0 Å². The molecule has 0 saturated heterocycles. The summed E-state index contributed by atoms with van der Waals surface area (Å²) in [6, 6.07) is 14.2. The number of pyridine rings is 1. The molecule has 0 aliphatic heterocycles. The van der Waals surface area contributed by atoms with Crippen LogP contribution >= 0.6 is 11.8 Å². The van der Waals surface area contributed by atoms with Gasteiger partial charge in [0.1, 0.15) is 5.82 Å². The maximum Gasteiger partial charge on any atom is 0.126 e. The van der Waals surface area contributed by atoms with Gasteiger partial charge in [0.05, 0.1) is 11.4 Å². The van der Waals surface area contributed by atoms with Crippen molar-refractivity contribution in [3.05, 3.63) is 48.2 Å². The van der Waals surface area contributed by atoms with E-state index in [0.29, 0.717) is 0 Å². The van der Waals surface area contributed by atoms with Crippen molar-refractivity contribution in [1.82, 2.24) is 4.98 Å². The zero-order valence-electron chi connectivity index (χ0n) is 10.4. The van der Waals surface area contributed by atoms with Gasteiger partial charge in [-0.05, 0) is 31.2 Å². The van der Waals surface area contributed by atoms with E-state index in [1.807, 2.05) is 36.9 Å². The van der Waals surface area contributed by atoms with Crippen molar-refractivity contribution in [3.63, 3.8) is 0 Å². The Morgan fingerprint density at radius 2 is 1.94 bits per heavy atom. The molecule has 0 aliphatic rings. The van der Waals surface area contributed by atoms with Crippen LogP contribution in [0.15, 0.2) is 47.4 Å². The Morgan fingerprint density at radius 3 is 2.67 bits per heavy atom. The molecular formula is C14H17N3S. The summed E-state index contributed by atoms with van der Waals surface area (Å²) in [6.07, 6.45) is 0. The highest BCUT2D eigenvalue weighted by molar-refractivity contribution is 7.99. The van der Waals surface area contributed by atoms with E-state index in [2.05, 4.69) is 34.6 Å². The molecule has 0 unspecified atom stereocenters. The number of nitrogens with one attached hydrogen (secondary N) is 1. The summed E-state index contributed by atoms with van der Waals surface area (Å²) >= 11 is 1.83. The minimum absolute atomic E-state index is 0.735. The molecule has 0 radical (unpaired) electrons. The third-order valence-electron chi connectivity index (χ3n) is 2.55. The topological polar surface area (TPSA) is 50.9 Å². The van der Waals surface area contributed by atoms with Gasteiger partial charge in [-0.15, -0.1) is 11.8 Å². The van der Waals surface area contributed by atoms with Crippen LogP contribution in [-0.4, -0.2) is 17.3 Å². The number of anilines is 2. The van der Waals surface area contributed by atoms with E-state index >= 15 is 0 Å². The van der Waals surface area contributed by atoms with Gasteiger partial charge < -0.3 is 11.1 Å². The van der Waals surface area contributed by atoms with Crippen LogP contribution in [0.1, 0.15) is 5.69 Å². The number of nitrogens with two attached hydrogens (primary N) is 1. The molecule has 0 saturated carbocycles. The van der Waals surface area contributed by atoms with Crippen LogP contribution < -0.4 is 11.1 Å². The van der Waals surface area contributed by atoms with E-state index in [0.717, 1.165) is 29.5 Å². The second-order valence-corrected chi connectivity index (χ2v) is 5.13. The third-order valence-corrected chi connectivity index (χ3v) is 3.56. The molecule has 0 bridgehead atoms. The number of aryl methyl sites for hydroxylation is 1. The monoisotopic (exact) mass is 259 g/mol. The molecule has 94 valence electrons. The van der Waals surface area contributed by atoms with Crippen LogP contribution in [0.3, 0.4) is 0 Å². The smallest absolute Gasteiger partial charge is 0.126 e. The van der Waals surface area contributed by atoms with Crippen LogP contribution in [0.5, 0.6) is 0 Å². The normalized spacial score (nSPS) is 10.3. The molecule has 4 heteroatoms. The molecule has 2 rings (SSSR count). The number of nitrogen functional groups attached to an aromatic ring is 1. The fraction of sp³-hybridized carbons (Fsp3) is 0.214. The molecular weight excluding hydrogens is 242 g/mol. The number of rotatable bonds is 5. The average Bonchev–Trinajstić information content (AvgIpc) is 2.40. The number of benzene rings is 1. The van der Waals surface area contributed by atoms with Gasteiger partial charge in [0, 0.05) is 17.2 Å². The number of aromatic nitrogens is 1. The molecule has 1 heterocycles. The molecule has 18 heavy (non-hydrogen) atoms. The van der Waals surface area contributed by atoms with Gasteiger partial charge in [0.15, 0.2) is 0 Å². The van der Waals surface area contributed by atoms with Gasteiger partial charge in [-0.3, -0.25) is 0 Å².